The second-order valence-electron chi connectivity index (χ2n) is 6.34. The highest BCUT2D eigenvalue weighted by molar-refractivity contribution is 9.10. The molecule has 1 fully saturated rings. The van der Waals surface area contributed by atoms with E-state index in [-0.39, 0.29) is 5.75 Å². The normalized spacial score (nSPS) is 16.9. The van der Waals surface area contributed by atoms with Gasteiger partial charge in [-0.2, -0.15) is 0 Å². The number of carbonyl (C=O) groups excluding carboxylic acids is 2. The van der Waals surface area contributed by atoms with Crippen LogP contribution in [0.3, 0.4) is 0 Å². The monoisotopic (exact) mass is 431 g/mol. The van der Waals surface area contributed by atoms with E-state index in [1.165, 1.54) is 7.11 Å². The summed E-state index contributed by atoms with van der Waals surface area (Å²) in [5.74, 6) is -2.06. The van der Waals surface area contributed by atoms with Crippen molar-refractivity contribution in [3.05, 3.63) is 34.3 Å². The van der Waals surface area contributed by atoms with Gasteiger partial charge in [-0.3, -0.25) is 4.79 Å². The summed E-state index contributed by atoms with van der Waals surface area (Å²) in [7, 11) is -2.37. The van der Waals surface area contributed by atoms with E-state index in [9.17, 15) is 18.0 Å². The van der Waals surface area contributed by atoms with E-state index >= 15 is 0 Å². The molecule has 1 N–H and O–H groups in total. The van der Waals surface area contributed by atoms with Crippen LogP contribution >= 0.6 is 15.9 Å². The van der Waals surface area contributed by atoms with Gasteiger partial charge in [-0.1, -0.05) is 47.3 Å². The number of amides is 1. The Morgan fingerprint density at radius 3 is 2.52 bits per heavy atom. The van der Waals surface area contributed by atoms with Crippen LogP contribution in [-0.2, 0) is 29.9 Å². The highest BCUT2D eigenvalue weighted by Crippen LogP contribution is 2.29. The summed E-state index contributed by atoms with van der Waals surface area (Å²) in [4.78, 5) is 24.4. The van der Waals surface area contributed by atoms with Gasteiger partial charge in [0.15, 0.2) is 9.84 Å². The van der Waals surface area contributed by atoms with Crippen molar-refractivity contribution in [2.24, 2.45) is 0 Å². The number of hydrogen-bond donors (Lipinski definition) is 1. The topological polar surface area (TPSA) is 89.5 Å². The predicted molar refractivity (Wildman–Crippen MR) is 97.6 cm³/mol. The van der Waals surface area contributed by atoms with Gasteiger partial charge in [-0.15, -0.1) is 0 Å². The highest BCUT2D eigenvalue weighted by atomic mass is 79.9. The number of rotatable bonds is 6. The molecular formula is C17H22BrNO5S. The van der Waals surface area contributed by atoms with Gasteiger partial charge >= 0.3 is 5.97 Å². The molecule has 1 aliphatic carbocycles. The third-order valence-electron chi connectivity index (χ3n) is 4.29. The number of nitrogens with one attached hydrogen (secondary N) is 1. The molecule has 1 aromatic rings. The fraction of sp³-hybridized carbons (Fsp3) is 0.529. The number of carbonyl (C=O) groups is 2. The van der Waals surface area contributed by atoms with E-state index in [1.54, 1.807) is 24.3 Å². The molecule has 0 bridgehead atoms. The molecule has 1 amide bonds. The number of ether oxygens (including phenoxy) is 1. The van der Waals surface area contributed by atoms with Crippen molar-refractivity contribution < 1.29 is 22.7 Å². The summed E-state index contributed by atoms with van der Waals surface area (Å²) in [5.41, 5.74) is -0.502. The molecule has 6 nitrogen and oxygen atoms in total. The third kappa shape index (κ3) is 5.54. The van der Waals surface area contributed by atoms with Gasteiger partial charge in [0.2, 0.25) is 5.91 Å². The van der Waals surface area contributed by atoms with Crippen molar-refractivity contribution in [3.8, 4) is 0 Å². The number of methoxy groups -OCH3 is 1. The summed E-state index contributed by atoms with van der Waals surface area (Å²) in [6, 6.07) is 6.93. The van der Waals surface area contributed by atoms with Crippen LogP contribution in [0.1, 0.15) is 37.7 Å². The predicted octanol–water partition coefficient (Wildman–Crippen LogP) is 2.36. The van der Waals surface area contributed by atoms with Crippen molar-refractivity contribution in [1.82, 2.24) is 5.32 Å². The summed E-state index contributed by atoms with van der Waals surface area (Å²) in [5, 5.41) is 2.63. The first-order valence-electron chi connectivity index (χ1n) is 8.11. The van der Waals surface area contributed by atoms with Gasteiger partial charge in [-0.05, 0) is 30.5 Å². The molecule has 8 heteroatoms. The van der Waals surface area contributed by atoms with Crippen LogP contribution in [0.4, 0.5) is 0 Å². The van der Waals surface area contributed by atoms with E-state index < -0.39 is 33.0 Å². The summed E-state index contributed by atoms with van der Waals surface area (Å²) in [6.45, 7) is 0. The van der Waals surface area contributed by atoms with Crippen LogP contribution in [0.5, 0.6) is 0 Å². The average Bonchev–Trinajstić information content (AvgIpc) is 2.53. The first kappa shape index (κ1) is 19.9. The Labute approximate surface area is 156 Å². The molecule has 1 aliphatic rings. The molecular weight excluding hydrogens is 410 g/mol. The summed E-state index contributed by atoms with van der Waals surface area (Å²) < 4.78 is 30.2. The van der Waals surface area contributed by atoms with Crippen molar-refractivity contribution in [2.45, 2.75) is 43.4 Å². The average molecular weight is 432 g/mol. The minimum Gasteiger partial charge on any atom is -0.467 e. The van der Waals surface area contributed by atoms with Crippen LogP contribution in [0.15, 0.2) is 28.7 Å². The van der Waals surface area contributed by atoms with Crippen molar-refractivity contribution in [3.63, 3.8) is 0 Å². The maximum atomic E-state index is 12.3. The summed E-state index contributed by atoms with van der Waals surface area (Å²) >= 11 is 3.29. The quantitative estimate of drug-likeness (QED) is 0.698. The molecule has 0 spiro atoms. The molecule has 0 saturated heterocycles. The lowest BCUT2D eigenvalue weighted by Gasteiger charge is -2.35. The Balaban J connectivity index is 2.05. The zero-order valence-corrected chi connectivity index (χ0v) is 16.5. The molecule has 25 heavy (non-hydrogen) atoms. The van der Waals surface area contributed by atoms with Crippen LogP contribution in [0.25, 0.3) is 0 Å². The third-order valence-corrected chi connectivity index (χ3v) is 6.26. The lowest BCUT2D eigenvalue weighted by Crippen LogP contribution is -2.57. The molecule has 0 radical (unpaired) electrons. The molecule has 2 rings (SSSR count). The van der Waals surface area contributed by atoms with Crippen LogP contribution in [0.2, 0.25) is 0 Å². The molecule has 0 aromatic heterocycles. The van der Waals surface area contributed by atoms with Gasteiger partial charge in [0.1, 0.15) is 11.3 Å². The molecule has 0 aliphatic heterocycles. The molecule has 0 heterocycles. The number of halogens is 1. The zero-order valence-electron chi connectivity index (χ0n) is 14.1. The maximum absolute atomic E-state index is 12.3. The van der Waals surface area contributed by atoms with Gasteiger partial charge < -0.3 is 10.1 Å². The van der Waals surface area contributed by atoms with Crippen LogP contribution in [0, 0.1) is 0 Å². The van der Waals surface area contributed by atoms with Crippen molar-refractivity contribution in [2.75, 3.05) is 12.9 Å². The van der Waals surface area contributed by atoms with Gasteiger partial charge in [0.05, 0.1) is 12.9 Å². The van der Waals surface area contributed by atoms with Crippen LogP contribution < -0.4 is 5.32 Å². The van der Waals surface area contributed by atoms with Crippen molar-refractivity contribution in [1.29, 1.82) is 0 Å². The van der Waals surface area contributed by atoms with Gasteiger partial charge in [0, 0.05) is 4.47 Å². The molecule has 138 valence electrons. The number of sulfone groups is 1. The fourth-order valence-corrected chi connectivity index (χ4v) is 4.87. The Hall–Kier alpha value is -1.41. The lowest BCUT2D eigenvalue weighted by atomic mass is 9.81. The summed E-state index contributed by atoms with van der Waals surface area (Å²) in [6.07, 6.45) is 3.50. The maximum Gasteiger partial charge on any atom is 0.331 e. The van der Waals surface area contributed by atoms with E-state index in [0.29, 0.717) is 18.4 Å². The number of esters is 1. The molecule has 0 atom stereocenters. The fourth-order valence-electron chi connectivity index (χ4n) is 3.17. The highest BCUT2D eigenvalue weighted by Gasteiger charge is 2.42. The molecule has 1 saturated carbocycles. The van der Waals surface area contributed by atoms with E-state index in [1.807, 2.05) is 0 Å². The second-order valence-corrected chi connectivity index (χ2v) is 9.32. The Bertz CT molecular complexity index is 741. The largest absolute Gasteiger partial charge is 0.467 e. The smallest absolute Gasteiger partial charge is 0.331 e. The van der Waals surface area contributed by atoms with Crippen molar-refractivity contribution >= 4 is 37.6 Å². The van der Waals surface area contributed by atoms with Crippen LogP contribution in [-0.4, -0.2) is 38.7 Å². The SMILES string of the molecule is COC(=O)C1(NC(=O)CS(=O)(=O)Cc2cccc(Br)c2)CCCCC1. The second kappa shape index (κ2) is 8.31. The lowest BCUT2D eigenvalue weighted by molar-refractivity contribution is -0.152. The van der Waals surface area contributed by atoms with E-state index in [4.69, 9.17) is 4.74 Å². The Kier molecular flexibility index (Phi) is 6.62. The minimum absolute atomic E-state index is 0.231. The molecule has 0 unspecified atom stereocenters. The first-order chi connectivity index (χ1) is 11.8. The minimum atomic E-state index is -3.65. The van der Waals surface area contributed by atoms with Gasteiger partial charge in [0.25, 0.3) is 0 Å². The zero-order chi connectivity index (χ0) is 18.5. The Morgan fingerprint density at radius 1 is 1.24 bits per heavy atom. The first-order valence-corrected chi connectivity index (χ1v) is 10.7. The number of benzene rings is 1. The standard InChI is InChI=1S/C17H22BrNO5S/c1-24-16(21)17(8-3-2-4-9-17)19-15(20)12-25(22,23)11-13-6-5-7-14(18)10-13/h5-7,10H,2-4,8-9,11-12H2,1H3,(H,19,20). The number of hydrogen-bond acceptors (Lipinski definition) is 5. The Morgan fingerprint density at radius 2 is 1.92 bits per heavy atom. The van der Waals surface area contributed by atoms with Gasteiger partial charge in [-0.25, -0.2) is 13.2 Å². The van der Waals surface area contributed by atoms with E-state index in [0.717, 1.165) is 23.7 Å². The molecule has 1 aromatic carbocycles. The van der Waals surface area contributed by atoms with E-state index in [2.05, 4.69) is 21.2 Å².